The smallest absolute Gasteiger partial charge is 0.248 e. The van der Waals surface area contributed by atoms with Gasteiger partial charge in [0.25, 0.3) is 0 Å². The molecular weight excluding hydrogens is 400 g/mol. The number of nitrogen functional groups attached to an aromatic ring is 1. The lowest BCUT2D eigenvalue weighted by Gasteiger charge is -2.27. The molecule has 0 aliphatic carbocycles. The summed E-state index contributed by atoms with van der Waals surface area (Å²) in [6.45, 7) is 3.97. The van der Waals surface area contributed by atoms with Gasteiger partial charge >= 0.3 is 0 Å². The van der Waals surface area contributed by atoms with Crippen molar-refractivity contribution < 1.29 is 9.59 Å². The molecule has 0 unspecified atom stereocenters. The zero-order chi connectivity index (χ0) is 23.1. The van der Waals surface area contributed by atoms with E-state index in [2.05, 4.69) is 23.5 Å². The number of carbonyl (C=O) groups excluding carboxylic acids is 2. The van der Waals surface area contributed by atoms with Crippen LogP contribution in [0.25, 0.3) is 10.8 Å². The lowest BCUT2D eigenvalue weighted by molar-refractivity contribution is -0.139. The number of nitrogens with two attached hydrogens (primary N) is 2. The average molecular weight is 433 g/mol. The summed E-state index contributed by atoms with van der Waals surface area (Å²) in [6.07, 6.45) is 2.96. The molecule has 2 amide bonds. The number of fused-ring (bicyclic) bond motifs is 1. The quantitative estimate of drug-likeness (QED) is 0.200. The molecule has 0 bridgehead atoms. The summed E-state index contributed by atoms with van der Waals surface area (Å²) in [7, 11) is 0. The minimum absolute atomic E-state index is 0.229. The van der Waals surface area contributed by atoms with Crippen molar-refractivity contribution in [3.05, 3.63) is 71.8 Å². The Morgan fingerprint density at radius 3 is 2.56 bits per heavy atom. The van der Waals surface area contributed by atoms with Crippen LogP contribution in [0.3, 0.4) is 0 Å². The number of amides is 2. The number of hydrogen-bond donors (Lipinski definition) is 3. The van der Waals surface area contributed by atoms with Gasteiger partial charge in [-0.1, -0.05) is 68.3 Å². The van der Waals surface area contributed by atoms with Gasteiger partial charge in [-0.05, 0) is 53.8 Å². The number of unbranched alkanes of at least 4 members (excludes halogenated alkanes) is 1. The molecule has 1 atom stereocenters. The number of anilines is 2. The molecule has 6 nitrogen and oxygen atoms in total. The van der Waals surface area contributed by atoms with Gasteiger partial charge in [-0.3, -0.25) is 14.6 Å². The van der Waals surface area contributed by atoms with Gasteiger partial charge in [0.05, 0.1) is 11.4 Å². The van der Waals surface area contributed by atoms with E-state index in [1.807, 2.05) is 44.2 Å². The van der Waals surface area contributed by atoms with Crippen LogP contribution >= 0.6 is 0 Å². The number of benzene rings is 3. The molecular formula is C26H32N4O2. The average Bonchev–Trinajstić information content (AvgIpc) is 2.79. The van der Waals surface area contributed by atoms with Crippen LogP contribution in [0.15, 0.2) is 60.7 Å². The summed E-state index contributed by atoms with van der Waals surface area (Å²) in [4.78, 5) is 25.9. The summed E-state index contributed by atoms with van der Waals surface area (Å²) in [5, 5.41) is 6.20. The minimum Gasteiger partial charge on any atom is -0.397 e. The molecule has 3 aromatic carbocycles. The first-order valence-corrected chi connectivity index (χ1v) is 11.1. The molecule has 6 heteroatoms. The molecule has 0 saturated carbocycles. The third-order valence-corrected chi connectivity index (χ3v) is 5.71. The molecule has 0 aromatic heterocycles. The highest BCUT2D eigenvalue weighted by atomic mass is 16.2. The molecule has 5 N–H and O–H groups in total. The molecule has 0 aliphatic heterocycles. The predicted molar refractivity (Wildman–Crippen MR) is 131 cm³/mol. The first-order chi connectivity index (χ1) is 15.4. The van der Waals surface area contributed by atoms with Gasteiger partial charge in [-0.15, -0.1) is 0 Å². The number of hydrogen-bond acceptors (Lipinski definition) is 4. The van der Waals surface area contributed by atoms with E-state index in [1.165, 1.54) is 0 Å². The molecule has 168 valence electrons. The lowest BCUT2D eigenvalue weighted by atomic mass is 10.0. The standard InChI is InChI=1S/C26H32N4O2/c1-3-4-12-24(26(32)29-23-15-13-18(2)17-22(23)27)30(28)25(31)16-14-20-10-7-9-19-8-5-6-11-21(19)20/h5-11,13,15,17,24H,3-4,12,14,16,27-28H2,1-2H3,(H,29,32)/t24-/m0/s1. The largest absolute Gasteiger partial charge is 0.397 e. The van der Waals surface area contributed by atoms with E-state index in [9.17, 15) is 9.59 Å². The van der Waals surface area contributed by atoms with Gasteiger partial charge in [0.2, 0.25) is 11.8 Å². The van der Waals surface area contributed by atoms with Crippen LogP contribution in [0.2, 0.25) is 0 Å². The monoisotopic (exact) mass is 432 g/mol. The summed E-state index contributed by atoms with van der Waals surface area (Å²) in [6, 6.07) is 18.9. The van der Waals surface area contributed by atoms with Crippen molar-refractivity contribution in [2.24, 2.45) is 5.84 Å². The number of nitrogens with zero attached hydrogens (tertiary/aromatic N) is 1. The van der Waals surface area contributed by atoms with Crippen LogP contribution in [-0.2, 0) is 16.0 Å². The van der Waals surface area contributed by atoms with E-state index in [0.29, 0.717) is 24.2 Å². The van der Waals surface area contributed by atoms with Crippen molar-refractivity contribution in [3.8, 4) is 0 Å². The van der Waals surface area contributed by atoms with Gasteiger partial charge in [0.1, 0.15) is 6.04 Å². The molecule has 0 saturated heterocycles. The fourth-order valence-corrected chi connectivity index (χ4v) is 3.86. The van der Waals surface area contributed by atoms with E-state index in [1.54, 1.807) is 12.1 Å². The number of hydrazine groups is 1. The Balaban J connectivity index is 1.70. The van der Waals surface area contributed by atoms with Crippen LogP contribution in [0.1, 0.15) is 43.7 Å². The highest BCUT2D eigenvalue weighted by molar-refractivity contribution is 5.99. The highest BCUT2D eigenvalue weighted by Crippen LogP contribution is 2.22. The van der Waals surface area contributed by atoms with Gasteiger partial charge < -0.3 is 11.1 Å². The summed E-state index contributed by atoms with van der Waals surface area (Å²) in [5.74, 6) is 5.61. The number of aryl methyl sites for hydroxylation is 2. The summed E-state index contributed by atoms with van der Waals surface area (Å²) in [5.41, 5.74) is 9.14. The Morgan fingerprint density at radius 2 is 1.81 bits per heavy atom. The van der Waals surface area contributed by atoms with E-state index in [0.717, 1.165) is 39.7 Å². The van der Waals surface area contributed by atoms with Crippen molar-refractivity contribution in [3.63, 3.8) is 0 Å². The normalized spacial score (nSPS) is 11.8. The fraction of sp³-hybridized carbons (Fsp3) is 0.308. The topological polar surface area (TPSA) is 101 Å². The zero-order valence-corrected chi connectivity index (χ0v) is 18.8. The Morgan fingerprint density at radius 1 is 1.06 bits per heavy atom. The Hall–Kier alpha value is -3.38. The molecule has 3 rings (SSSR count). The van der Waals surface area contributed by atoms with Crippen LogP contribution in [-0.4, -0.2) is 22.9 Å². The van der Waals surface area contributed by atoms with E-state index in [-0.39, 0.29) is 18.2 Å². The van der Waals surface area contributed by atoms with Crippen LogP contribution in [0.4, 0.5) is 11.4 Å². The second-order valence-corrected chi connectivity index (χ2v) is 8.18. The first-order valence-electron chi connectivity index (χ1n) is 11.1. The SMILES string of the molecule is CCCC[C@@H](C(=O)Nc1ccc(C)cc1N)N(N)C(=O)CCc1cccc2ccccc12. The second kappa shape index (κ2) is 10.8. The second-order valence-electron chi connectivity index (χ2n) is 8.18. The van der Waals surface area contributed by atoms with Crippen molar-refractivity contribution in [1.29, 1.82) is 0 Å². The van der Waals surface area contributed by atoms with E-state index < -0.39 is 6.04 Å². The maximum Gasteiger partial charge on any atom is 0.248 e. The molecule has 3 aromatic rings. The molecule has 0 spiro atoms. The molecule has 0 fully saturated rings. The van der Waals surface area contributed by atoms with Crippen molar-refractivity contribution in [2.45, 2.75) is 52.0 Å². The molecule has 0 aliphatic rings. The lowest BCUT2D eigenvalue weighted by Crippen LogP contribution is -2.51. The minimum atomic E-state index is -0.754. The molecule has 0 heterocycles. The van der Waals surface area contributed by atoms with Crippen molar-refractivity contribution in [1.82, 2.24) is 5.01 Å². The van der Waals surface area contributed by atoms with E-state index in [4.69, 9.17) is 11.6 Å². The highest BCUT2D eigenvalue weighted by Gasteiger charge is 2.27. The maximum atomic E-state index is 13.0. The van der Waals surface area contributed by atoms with Crippen molar-refractivity contribution >= 4 is 34.0 Å². The predicted octanol–water partition coefficient (Wildman–Crippen LogP) is 4.56. The summed E-state index contributed by atoms with van der Waals surface area (Å²) < 4.78 is 0. The summed E-state index contributed by atoms with van der Waals surface area (Å²) >= 11 is 0. The Bertz CT molecular complexity index is 1090. The van der Waals surface area contributed by atoms with Gasteiger partial charge in [0, 0.05) is 6.42 Å². The van der Waals surface area contributed by atoms with Gasteiger partial charge in [0.15, 0.2) is 0 Å². The number of nitrogens with one attached hydrogen (secondary N) is 1. The zero-order valence-electron chi connectivity index (χ0n) is 18.8. The van der Waals surface area contributed by atoms with Crippen molar-refractivity contribution in [2.75, 3.05) is 11.1 Å². The fourth-order valence-electron chi connectivity index (χ4n) is 3.86. The number of rotatable bonds is 9. The third kappa shape index (κ3) is 5.65. The van der Waals surface area contributed by atoms with Gasteiger partial charge in [-0.2, -0.15) is 0 Å². The number of carbonyl (C=O) groups is 2. The van der Waals surface area contributed by atoms with Crippen LogP contribution in [0.5, 0.6) is 0 Å². The first kappa shape index (κ1) is 23.3. The molecule has 0 radical (unpaired) electrons. The van der Waals surface area contributed by atoms with Gasteiger partial charge in [-0.25, -0.2) is 5.84 Å². The maximum absolute atomic E-state index is 13.0. The van der Waals surface area contributed by atoms with E-state index >= 15 is 0 Å². The van der Waals surface area contributed by atoms with Crippen LogP contribution < -0.4 is 16.9 Å². The van der Waals surface area contributed by atoms with Crippen LogP contribution in [0, 0.1) is 6.92 Å². The molecule has 32 heavy (non-hydrogen) atoms. The third-order valence-electron chi connectivity index (χ3n) is 5.71. The Kier molecular flexibility index (Phi) is 7.84. The Labute approximate surface area is 189 Å².